The van der Waals surface area contributed by atoms with Gasteiger partial charge >= 0.3 is 0 Å². The molecule has 0 spiro atoms. The normalized spacial score (nSPS) is 15.9. The topological polar surface area (TPSA) is 32.3 Å². The average molecular weight is 267 g/mol. The third-order valence-electron chi connectivity index (χ3n) is 4.20. The molecule has 0 bridgehead atoms. The zero-order chi connectivity index (χ0) is 14.1. The number of aliphatic hydroxyl groups excluding tert-OH is 1. The maximum Gasteiger partial charge on any atom is 0.150 e. The van der Waals surface area contributed by atoms with E-state index in [0.29, 0.717) is 0 Å². The molecule has 20 heavy (non-hydrogen) atoms. The number of benzene rings is 2. The van der Waals surface area contributed by atoms with Crippen molar-refractivity contribution >= 4 is 5.69 Å². The molecule has 1 fully saturated rings. The predicted molar refractivity (Wildman–Crippen MR) is 82.9 cm³/mol. The van der Waals surface area contributed by atoms with Crippen LogP contribution in [0.15, 0.2) is 42.5 Å². The van der Waals surface area contributed by atoms with Gasteiger partial charge in [0, 0.05) is 11.3 Å². The minimum atomic E-state index is -0.663. The Morgan fingerprint density at radius 1 is 1.05 bits per heavy atom. The van der Waals surface area contributed by atoms with E-state index in [1.165, 1.54) is 29.5 Å². The molecule has 0 saturated heterocycles. The summed E-state index contributed by atoms with van der Waals surface area (Å²) in [6.45, 7) is 4.15. The minimum Gasteiger partial charge on any atom is -0.369 e. The molecule has 2 heteroatoms. The first-order valence-electron chi connectivity index (χ1n) is 7.26. The lowest BCUT2D eigenvalue weighted by atomic mass is 10.1. The molecule has 1 aliphatic carbocycles. The third kappa shape index (κ3) is 2.70. The van der Waals surface area contributed by atoms with Gasteiger partial charge in [-0.15, -0.1) is 0 Å². The minimum absolute atomic E-state index is 0.663. The molecule has 2 N–H and O–H groups in total. The van der Waals surface area contributed by atoms with Crippen molar-refractivity contribution in [2.45, 2.75) is 38.8 Å². The van der Waals surface area contributed by atoms with Gasteiger partial charge in [0.25, 0.3) is 0 Å². The van der Waals surface area contributed by atoms with Crippen LogP contribution in [0.2, 0.25) is 0 Å². The largest absolute Gasteiger partial charge is 0.369 e. The summed E-state index contributed by atoms with van der Waals surface area (Å²) in [5, 5.41) is 13.5. The Hall–Kier alpha value is -1.80. The Labute approximate surface area is 120 Å². The lowest BCUT2D eigenvalue weighted by Crippen LogP contribution is -2.10. The predicted octanol–water partition coefficient (Wildman–Crippen LogP) is 4.28. The summed E-state index contributed by atoms with van der Waals surface area (Å²) in [6, 6.07) is 14.4. The number of rotatable bonds is 4. The Bertz CT molecular complexity index is 599. The molecular weight excluding hydrogens is 246 g/mol. The van der Waals surface area contributed by atoms with E-state index in [-0.39, 0.29) is 0 Å². The van der Waals surface area contributed by atoms with Crippen molar-refractivity contribution in [3.05, 3.63) is 64.7 Å². The molecule has 104 valence electrons. The van der Waals surface area contributed by atoms with E-state index < -0.39 is 6.23 Å². The summed E-state index contributed by atoms with van der Waals surface area (Å²) in [6.07, 6.45) is 1.95. The van der Waals surface area contributed by atoms with Crippen LogP contribution in [0.5, 0.6) is 0 Å². The Morgan fingerprint density at radius 2 is 1.75 bits per heavy atom. The highest BCUT2D eigenvalue weighted by Crippen LogP contribution is 2.40. The van der Waals surface area contributed by atoms with Gasteiger partial charge < -0.3 is 10.4 Å². The SMILES string of the molecule is Cc1cccc(NC(O)c2ccc(C3CC3)cc2)c1C. The summed E-state index contributed by atoms with van der Waals surface area (Å²) in [4.78, 5) is 0. The van der Waals surface area contributed by atoms with Gasteiger partial charge in [-0.25, -0.2) is 0 Å². The van der Waals surface area contributed by atoms with E-state index >= 15 is 0 Å². The molecule has 0 heterocycles. The number of hydrogen-bond acceptors (Lipinski definition) is 2. The molecule has 0 radical (unpaired) electrons. The third-order valence-corrected chi connectivity index (χ3v) is 4.20. The van der Waals surface area contributed by atoms with Crippen LogP contribution < -0.4 is 5.32 Å². The van der Waals surface area contributed by atoms with E-state index in [1.807, 2.05) is 24.3 Å². The van der Waals surface area contributed by atoms with E-state index in [9.17, 15) is 5.11 Å². The molecule has 1 aliphatic rings. The van der Waals surface area contributed by atoms with E-state index in [0.717, 1.165) is 17.2 Å². The van der Waals surface area contributed by atoms with Gasteiger partial charge in [0.2, 0.25) is 0 Å². The fraction of sp³-hybridized carbons (Fsp3) is 0.333. The summed E-state index contributed by atoms with van der Waals surface area (Å²) in [7, 11) is 0. The molecule has 0 aliphatic heterocycles. The van der Waals surface area contributed by atoms with Crippen LogP contribution in [0.1, 0.15) is 47.2 Å². The molecule has 2 nitrogen and oxygen atoms in total. The van der Waals surface area contributed by atoms with Gasteiger partial charge in [-0.2, -0.15) is 0 Å². The molecule has 0 amide bonds. The average Bonchev–Trinajstić information content (AvgIpc) is 3.29. The molecule has 1 saturated carbocycles. The fourth-order valence-corrected chi connectivity index (χ4v) is 2.51. The zero-order valence-corrected chi connectivity index (χ0v) is 12.1. The zero-order valence-electron chi connectivity index (χ0n) is 12.1. The van der Waals surface area contributed by atoms with Crippen LogP contribution in [0.3, 0.4) is 0 Å². The van der Waals surface area contributed by atoms with Crippen LogP contribution >= 0.6 is 0 Å². The van der Waals surface area contributed by atoms with Gasteiger partial charge in [0.1, 0.15) is 0 Å². The van der Waals surface area contributed by atoms with Crippen molar-refractivity contribution in [2.24, 2.45) is 0 Å². The van der Waals surface area contributed by atoms with Crippen molar-refractivity contribution in [3.63, 3.8) is 0 Å². The highest BCUT2D eigenvalue weighted by atomic mass is 16.3. The van der Waals surface area contributed by atoms with Crippen LogP contribution in [0, 0.1) is 13.8 Å². The Kier molecular flexibility index (Phi) is 3.49. The van der Waals surface area contributed by atoms with Gasteiger partial charge in [-0.3, -0.25) is 0 Å². The summed E-state index contributed by atoms with van der Waals surface area (Å²) >= 11 is 0. The molecule has 2 aromatic carbocycles. The molecule has 2 aromatic rings. The summed E-state index contributed by atoms with van der Waals surface area (Å²) in [5.74, 6) is 0.758. The number of nitrogens with one attached hydrogen (secondary N) is 1. The molecule has 0 aromatic heterocycles. The van der Waals surface area contributed by atoms with E-state index in [4.69, 9.17) is 0 Å². The van der Waals surface area contributed by atoms with Gasteiger partial charge in [0.05, 0.1) is 0 Å². The Balaban J connectivity index is 1.74. The molecule has 1 unspecified atom stereocenters. The maximum atomic E-state index is 10.3. The lowest BCUT2D eigenvalue weighted by molar-refractivity contribution is 0.208. The van der Waals surface area contributed by atoms with Crippen molar-refractivity contribution < 1.29 is 5.11 Å². The van der Waals surface area contributed by atoms with Crippen molar-refractivity contribution in [1.82, 2.24) is 0 Å². The van der Waals surface area contributed by atoms with Crippen LogP contribution in [-0.4, -0.2) is 5.11 Å². The molecule has 3 rings (SSSR count). The van der Waals surface area contributed by atoms with Crippen LogP contribution in [0.4, 0.5) is 5.69 Å². The van der Waals surface area contributed by atoms with Gasteiger partial charge in [-0.1, -0.05) is 36.4 Å². The van der Waals surface area contributed by atoms with E-state index in [1.54, 1.807) is 0 Å². The maximum absolute atomic E-state index is 10.3. The Morgan fingerprint density at radius 3 is 2.40 bits per heavy atom. The first-order chi connectivity index (χ1) is 9.65. The highest BCUT2D eigenvalue weighted by molar-refractivity contribution is 5.54. The highest BCUT2D eigenvalue weighted by Gasteiger charge is 2.23. The van der Waals surface area contributed by atoms with Gasteiger partial charge in [-0.05, 0) is 55.4 Å². The number of aliphatic hydroxyl groups is 1. The second kappa shape index (κ2) is 5.29. The quantitative estimate of drug-likeness (QED) is 0.810. The summed E-state index contributed by atoms with van der Waals surface area (Å²) in [5.41, 5.74) is 5.71. The van der Waals surface area contributed by atoms with Crippen molar-refractivity contribution in [2.75, 3.05) is 5.32 Å². The fourth-order valence-electron chi connectivity index (χ4n) is 2.51. The standard InChI is InChI=1S/C18H21NO/c1-12-4-3-5-17(13(12)2)19-18(20)16-10-8-15(9-11-16)14-6-7-14/h3-5,8-11,14,18-20H,6-7H2,1-2H3. The monoisotopic (exact) mass is 267 g/mol. The van der Waals surface area contributed by atoms with Crippen LogP contribution in [-0.2, 0) is 0 Å². The lowest BCUT2D eigenvalue weighted by Gasteiger charge is -2.17. The van der Waals surface area contributed by atoms with Crippen molar-refractivity contribution in [1.29, 1.82) is 0 Å². The second-order valence-corrected chi connectivity index (χ2v) is 5.74. The van der Waals surface area contributed by atoms with Gasteiger partial charge in [0.15, 0.2) is 6.23 Å². The summed E-state index contributed by atoms with van der Waals surface area (Å²) < 4.78 is 0. The van der Waals surface area contributed by atoms with E-state index in [2.05, 4.69) is 37.4 Å². The van der Waals surface area contributed by atoms with Crippen molar-refractivity contribution in [3.8, 4) is 0 Å². The molecular formula is C18H21NO. The van der Waals surface area contributed by atoms with Crippen LogP contribution in [0.25, 0.3) is 0 Å². The first-order valence-corrected chi connectivity index (χ1v) is 7.26. The second-order valence-electron chi connectivity index (χ2n) is 5.74. The first kappa shape index (κ1) is 13.2. The number of anilines is 1. The smallest absolute Gasteiger partial charge is 0.150 e. The molecule has 1 atom stereocenters. The number of hydrogen-bond donors (Lipinski definition) is 2. The number of aryl methyl sites for hydroxylation is 1.